The van der Waals surface area contributed by atoms with Gasteiger partial charge in [0.15, 0.2) is 0 Å². The Labute approximate surface area is 196 Å². The average molecular weight is 495 g/mol. The molecule has 2 N–H and O–H groups in total. The van der Waals surface area contributed by atoms with E-state index >= 15 is 0 Å². The highest BCUT2D eigenvalue weighted by molar-refractivity contribution is 7.99. The molecular weight excluding hydrogens is 472 g/mol. The fraction of sp³-hybridized carbons (Fsp3) is 0.286. The van der Waals surface area contributed by atoms with Gasteiger partial charge in [0.2, 0.25) is 21.8 Å². The van der Waals surface area contributed by atoms with E-state index in [4.69, 9.17) is 16.0 Å². The molecule has 3 rings (SSSR count). The number of carbonyl (C=O) groups excluding carboxylic acids is 1. The van der Waals surface area contributed by atoms with Gasteiger partial charge in [-0.1, -0.05) is 41.6 Å². The molecule has 0 unspecified atom stereocenters. The predicted molar refractivity (Wildman–Crippen MR) is 124 cm³/mol. The van der Waals surface area contributed by atoms with Crippen molar-refractivity contribution in [2.45, 2.75) is 43.0 Å². The first-order valence-corrected chi connectivity index (χ1v) is 12.5. The van der Waals surface area contributed by atoms with Crippen LogP contribution in [-0.4, -0.2) is 35.8 Å². The topological polar surface area (TPSA) is 114 Å². The van der Waals surface area contributed by atoms with Crippen LogP contribution in [0.5, 0.6) is 0 Å². The number of nitrogens with zero attached hydrogens (tertiary/aromatic N) is 2. The Kier molecular flexibility index (Phi) is 7.60. The van der Waals surface area contributed by atoms with Crippen molar-refractivity contribution in [2.75, 3.05) is 5.75 Å². The first-order chi connectivity index (χ1) is 15.0. The first-order valence-electron chi connectivity index (χ1n) is 9.64. The molecule has 0 fully saturated rings. The third-order valence-electron chi connectivity index (χ3n) is 4.00. The Morgan fingerprint density at radius 2 is 1.78 bits per heavy atom. The molecule has 0 aliphatic heterocycles. The third-order valence-corrected chi connectivity index (χ3v) is 6.93. The van der Waals surface area contributed by atoms with Gasteiger partial charge in [-0.25, -0.2) is 13.1 Å². The molecule has 3 aromatic rings. The Morgan fingerprint density at radius 1 is 1.09 bits per heavy atom. The smallest absolute Gasteiger partial charge is 0.277 e. The van der Waals surface area contributed by atoms with E-state index in [-0.39, 0.29) is 28.3 Å². The summed E-state index contributed by atoms with van der Waals surface area (Å²) < 4.78 is 33.6. The average Bonchev–Trinajstić information content (AvgIpc) is 3.19. The quantitative estimate of drug-likeness (QED) is 0.457. The molecule has 32 heavy (non-hydrogen) atoms. The molecular formula is C21H23ClN4O4S2. The lowest BCUT2D eigenvalue weighted by Gasteiger charge is -2.21. The van der Waals surface area contributed by atoms with E-state index in [2.05, 4.69) is 20.2 Å². The summed E-state index contributed by atoms with van der Waals surface area (Å²) in [7, 11) is -3.73. The fourth-order valence-electron chi connectivity index (χ4n) is 2.72. The SMILES string of the molecule is CC(C)(C)NS(=O)(=O)c1ccccc1CNC(=O)CSc1nnc(-c2ccc(Cl)cc2)o1. The summed E-state index contributed by atoms with van der Waals surface area (Å²) in [6.45, 7) is 5.37. The van der Waals surface area contributed by atoms with Crippen molar-refractivity contribution in [3.63, 3.8) is 0 Å². The third kappa shape index (κ3) is 6.80. The van der Waals surface area contributed by atoms with Crippen LogP contribution in [0.3, 0.4) is 0 Å². The van der Waals surface area contributed by atoms with E-state index in [0.717, 1.165) is 17.3 Å². The van der Waals surface area contributed by atoms with E-state index in [9.17, 15) is 13.2 Å². The van der Waals surface area contributed by atoms with Gasteiger partial charge in [0.1, 0.15) is 0 Å². The molecule has 170 valence electrons. The molecule has 2 aromatic carbocycles. The summed E-state index contributed by atoms with van der Waals surface area (Å²) in [6, 6.07) is 13.5. The minimum Gasteiger partial charge on any atom is -0.411 e. The monoisotopic (exact) mass is 494 g/mol. The number of rotatable bonds is 8. The van der Waals surface area contributed by atoms with Crippen molar-refractivity contribution in [3.05, 3.63) is 59.1 Å². The van der Waals surface area contributed by atoms with Gasteiger partial charge in [-0.05, 0) is 56.7 Å². The van der Waals surface area contributed by atoms with Crippen LogP contribution in [0.15, 0.2) is 63.1 Å². The van der Waals surface area contributed by atoms with E-state index in [0.29, 0.717) is 16.5 Å². The number of carbonyl (C=O) groups is 1. The maximum atomic E-state index is 12.7. The number of halogens is 1. The number of hydrogen-bond donors (Lipinski definition) is 2. The van der Waals surface area contributed by atoms with Crippen molar-refractivity contribution >= 4 is 39.3 Å². The van der Waals surface area contributed by atoms with Gasteiger partial charge in [-0.2, -0.15) is 0 Å². The highest BCUT2D eigenvalue weighted by atomic mass is 35.5. The van der Waals surface area contributed by atoms with Crippen molar-refractivity contribution < 1.29 is 17.6 Å². The highest BCUT2D eigenvalue weighted by Crippen LogP contribution is 2.24. The summed E-state index contributed by atoms with van der Waals surface area (Å²) in [6.07, 6.45) is 0. The molecule has 1 heterocycles. The molecule has 0 saturated heterocycles. The maximum Gasteiger partial charge on any atom is 0.277 e. The van der Waals surface area contributed by atoms with E-state index in [1.54, 1.807) is 63.2 Å². The Morgan fingerprint density at radius 3 is 2.47 bits per heavy atom. The van der Waals surface area contributed by atoms with Crippen LogP contribution >= 0.6 is 23.4 Å². The van der Waals surface area contributed by atoms with Gasteiger partial charge in [-0.3, -0.25) is 4.79 Å². The van der Waals surface area contributed by atoms with Crippen LogP contribution in [0.2, 0.25) is 5.02 Å². The second kappa shape index (κ2) is 10.0. The van der Waals surface area contributed by atoms with Gasteiger partial charge in [-0.15, -0.1) is 10.2 Å². The highest BCUT2D eigenvalue weighted by Gasteiger charge is 2.24. The number of nitrogens with one attached hydrogen (secondary N) is 2. The molecule has 11 heteroatoms. The van der Waals surface area contributed by atoms with Gasteiger partial charge in [0.25, 0.3) is 5.22 Å². The molecule has 8 nitrogen and oxygen atoms in total. The molecule has 0 radical (unpaired) electrons. The van der Waals surface area contributed by atoms with Crippen LogP contribution in [0.25, 0.3) is 11.5 Å². The number of benzene rings is 2. The Bertz CT molecular complexity index is 1190. The zero-order chi connectivity index (χ0) is 23.4. The second-order valence-corrected chi connectivity index (χ2v) is 10.9. The molecule has 1 aromatic heterocycles. The lowest BCUT2D eigenvalue weighted by Crippen LogP contribution is -2.41. The van der Waals surface area contributed by atoms with Gasteiger partial charge in [0, 0.05) is 22.7 Å². The van der Waals surface area contributed by atoms with E-state index in [1.807, 2.05) is 0 Å². The molecule has 0 spiro atoms. The summed E-state index contributed by atoms with van der Waals surface area (Å²) in [5.74, 6) is 0.0736. The van der Waals surface area contributed by atoms with Crippen molar-refractivity contribution in [2.24, 2.45) is 0 Å². The molecule has 0 aliphatic rings. The molecule has 0 aliphatic carbocycles. The number of thioether (sulfide) groups is 1. The van der Waals surface area contributed by atoms with E-state index in [1.165, 1.54) is 6.07 Å². The fourth-order valence-corrected chi connectivity index (χ4v) is 5.10. The zero-order valence-corrected chi connectivity index (χ0v) is 20.1. The predicted octanol–water partition coefficient (Wildman–Crippen LogP) is 3.88. The largest absolute Gasteiger partial charge is 0.411 e. The van der Waals surface area contributed by atoms with E-state index < -0.39 is 15.6 Å². The summed E-state index contributed by atoms with van der Waals surface area (Å²) in [5, 5.41) is 11.5. The number of aromatic nitrogens is 2. The van der Waals surface area contributed by atoms with Gasteiger partial charge in [0.05, 0.1) is 10.6 Å². The first kappa shape index (κ1) is 24.2. The van der Waals surface area contributed by atoms with Crippen molar-refractivity contribution in [3.8, 4) is 11.5 Å². The van der Waals surface area contributed by atoms with Crippen molar-refractivity contribution in [1.29, 1.82) is 0 Å². The Hall–Kier alpha value is -2.40. The Balaban J connectivity index is 1.58. The molecule has 0 bridgehead atoms. The summed E-state index contributed by atoms with van der Waals surface area (Å²) in [4.78, 5) is 12.4. The molecule has 0 saturated carbocycles. The number of sulfonamides is 1. The van der Waals surface area contributed by atoms with Crippen LogP contribution in [0.1, 0.15) is 26.3 Å². The maximum absolute atomic E-state index is 12.7. The zero-order valence-electron chi connectivity index (χ0n) is 17.8. The lowest BCUT2D eigenvalue weighted by atomic mass is 10.1. The second-order valence-electron chi connectivity index (χ2n) is 7.91. The number of hydrogen-bond acceptors (Lipinski definition) is 7. The van der Waals surface area contributed by atoms with Gasteiger partial charge >= 0.3 is 0 Å². The minimum atomic E-state index is -3.73. The summed E-state index contributed by atoms with van der Waals surface area (Å²) >= 11 is 6.96. The minimum absolute atomic E-state index is 0.0391. The van der Waals surface area contributed by atoms with Crippen LogP contribution in [0, 0.1) is 0 Å². The standard InChI is InChI=1S/C21H23ClN4O4S2/c1-21(2,3)26-32(28,29)17-7-5-4-6-15(17)12-23-18(27)13-31-20-25-24-19(30-20)14-8-10-16(22)11-9-14/h4-11,26H,12-13H2,1-3H3,(H,23,27). The van der Waals surface area contributed by atoms with Gasteiger partial charge < -0.3 is 9.73 Å². The normalized spacial score (nSPS) is 12.0. The van der Waals surface area contributed by atoms with Crippen LogP contribution in [0.4, 0.5) is 0 Å². The number of amides is 1. The van der Waals surface area contributed by atoms with Crippen LogP contribution < -0.4 is 10.0 Å². The van der Waals surface area contributed by atoms with Crippen LogP contribution in [-0.2, 0) is 21.4 Å². The molecule has 1 amide bonds. The van der Waals surface area contributed by atoms with Crippen molar-refractivity contribution in [1.82, 2.24) is 20.2 Å². The summed E-state index contributed by atoms with van der Waals surface area (Å²) in [5.41, 5.74) is 0.589. The lowest BCUT2D eigenvalue weighted by molar-refractivity contribution is -0.118. The molecule has 0 atom stereocenters.